The van der Waals surface area contributed by atoms with Crippen LogP contribution in [-0.2, 0) is 19.4 Å². The monoisotopic (exact) mass is 411 g/mol. The van der Waals surface area contributed by atoms with E-state index in [0.29, 0.717) is 6.04 Å². The van der Waals surface area contributed by atoms with Gasteiger partial charge >= 0.3 is 0 Å². The van der Waals surface area contributed by atoms with Crippen LogP contribution in [0.1, 0.15) is 46.4 Å². The number of aryl methyl sites for hydroxylation is 1. The van der Waals surface area contributed by atoms with Crippen molar-refractivity contribution in [2.75, 3.05) is 0 Å². The van der Waals surface area contributed by atoms with Gasteiger partial charge in [-0.15, -0.1) is 0 Å². The third kappa shape index (κ3) is 3.32. The minimum atomic E-state index is 0.171. The lowest BCUT2D eigenvalue weighted by molar-refractivity contribution is 0.0645. The van der Waals surface area contributed by atoms with E-state index in [0.717, 1.165) is 60.7 Å². The molecule has 31 heavy (non-hydrogen) atoms. The quantitative estimate of drug-likeness (QED) is 0.540. The van der Waals surface area contributed by atoms with Gasteiger partial charge < -0.3 is 9.47 Å². The Morgan fingerprint density at radius 3 is 2.87 bits per heavy atom. The molecule has 3 aromatic heterocycles. The molecule has 1 saturated carbocycles. The number of fused-ring (bicyclic) bond motifs is 2. The van der Waals surface area contributed by atoms with E-state index in [1.165, 1.54) is 11.3 Å². The van der Waals surface area contributed by atoms with Gasteiger partial charge in [0.2, 0.25) is 0 Å². The van der Waals surface area contributed by atoms with Gasteiger partial charge in [-0.2, -0.15) is 5.10 Å². The first-order valence-corrected chi connectivity index (χ1v) is 11.1. The lowest BCUT2D eigenvalue weighted by Crippen LogP contribution is -2.44. The van der Waals surface area contributed by atoms with Gasteiger partial charge in [-0.1, -0.05) is 12.1 Å². The van der Waals surface area contributed by atoms with E-state index in [9.17, 15) is 4.79 Å². The number of hydrogen-bond acceptors (Lipinski definition) is 3. The van der Waals surface area contributed by atoms with Crippen LogP contribution in [-0.4, -0.2) is 42.6 Å². The molecule has 1 N–H and O–H groups in total. The second kappa shape index (κ2) is 7.38. The van der Waals surface area contributed by atoms with E-state index in [4.69, 9.17) is 0 Å². The summed E-state index contributed by atoms with van der Waals surface area (Å²) in [5.74, 6) is 0.171. The highest BCUT2D eigenvalue weighted by atomic mass is 16.2. The number of carbonyl (C=O) groups excluding carboxylic acids is 1. The van der Waals surface area contributed by atoms with Crippen molar-refractivity contribution >= 4 is 16.8 Å². The summed E-state index contributed by atoms with van der Waals surface area (Å²) < 4.78 is 2.20. The fourth-order valence-electron chi connectivity index (χ4n) is 4.99. The molecule has 0 spiro atoms. The highest BCUT2D eigenvalue weighted by Crippen LogP contribution is 2.35. The summed E-state index contributed by atoms with van der Waals surface area (Å²) in [7, 11) is 0. The molecule has 2 aliphatic rings. The summed E-state index contributed by atoms with van der Waals surface area (Å²) in [5.41, 5.74) is 5.54. The first-order valence-electron chi connectivity index (χ1n) is 11.1. The Labute approximate surface area is 180 Å². The average molecular weight is 412 g/mol. The zero-order valence-electron chi connectivity index (χ0n) is 17.4. The molecule has 0 aliphatic heterocycles. The average Bonchev–Trinajstić information content (AvgIpc) is 3.37. The van der Waals surface area contributed by atoms with Crippen molar-refractivity contribution in [2.24, 2.45) is 0 Å². The number of pyridine rings is 1. The van der Waals surface area contributed by atoms with Crippen LogP contribution in [0.25, 0.3) is 10.9 Å². The van der Waals surface area contributed by atoms with Gasteiger partial charge in [-0.05, 0) is 67.5 Å². The van der Waals surface area contributed by atoms with Crippen molar-refractivity contribution in [1.82, 2.24) is 24.6 Å². The maximum Gasteiger partial charge on any atom is 0.255 e. The number of benzene rings is 1. The Balaban J connectivity index is 1.33. The lowest BCUT2D eigenvalue weighted by Gasteiger charge is -2.34. The Morgan fingerprint density at radius 1 is 1.10 bits per heavy atom. The maximum atomic E-state index is 13.8. The predicted molar refractivity (Wildman–Crippen MR) is 119 cm³/mol. The number of nitrogens with one attached hydrogen (secondary N) is 1. The first-order chi connectivity index (χ1) is 15.3. The Kier molecular flexibility index (Phi) is 4.37. The summed E-state index contributed by atoms with van der Waals surface area (Å²) in [4.78, 5) is 20.2. The second-order valence-corrected chi connectivity index (χ2v) is 8.76. The zero-order chi connectivity index (χ0) is 20.8. The summed E-state index contributed by atoms with van der Waals surface area (Å²) in [6.45, 7) is 0.743. The number of hydrogen-bond donors (Lipinski definition) is 1. The van der Waals surface area contributed by atoms with Crippen LogP contribution in [0.2, 0.25) is 0 Å². The topological polar surface area (TPSA) is 66.8 Å². The van der Waals surface area contributed by atoms with E-state index in [1.54, 1.807) is 6.20 Å². The molecule has 1 unspecified atom stereocenters. The number of aromatic amines is 1. The van der Waals surface area contributed by atoms with Crippen LogP contribution in [0, 0.1) is 0 Å². The molecular formula is C25H25N5O. The Morgan fingerprint density at radius 2 is 2.03 bits per heavy atom. The van der Waals surface area contributed by atoms with E-state index in [1.807, 2.05) is 30.6 Å². The van der Waals surface area contributed by atoms with Gasteiger partial charge in [-0.3, -0.25) is 14.9 Å². The largest absolute Gasteiger partial charge is 0.343 e. The number of rotatable bonds is 5. The number of carbonyl (C=O) groups is 1. The van der Waals surface area contributed by atoms with Gasteiger partial charge in [0, 0.05) is 59.4 Å². The third-order valence-electron chi connectivity index (χ3n) is 6.68. The molecule has 1 fully saturated rings. The van der Waals surface area contributed by atoms with Crippen molar-refractivity contribution in [1.29, 1.82) is 0 Å². The van der Waals surface area contributed by atoms with Gasteiger partial charge in [0.25, 0.3) is 5.91 Å². The normalized spacial score (nSPS) is 18.1. The van der Waals surface area contributed by atoms with Gasteiger partial charge in [0.05, 0.1) is 6.20 Å². The third-order valence-corrected chi connectivity index (χ3v) is 6.68. The molecule has 0 saturated heterocycles. The molecular weight excluding hydrogens is 386 g/mol. The van der Waals surface area contributed by atoms with Crippen LogP contribution in [0.15, 0.2) is 61.2 Å². The van der Waals surface area contributed by atoms with Crippen molar-refractivity contribution in [3.05, 3.63) is 83.6 Å². The Bertz CT molecular complexity index is 1240. The molecule has 6 rings (SSSR count). The highest BCUT2D eigenvalue weighted by molar-refractivity contribution is 6.07. The van der Waals surface area contributed by atoms with E-state index >= 15 is 0 Å². The first kappa shape index (κ1) is 18.4. The SMILES string of the molecule is O=C(c1cccc2c1ccn2Cc1cccnc1)N(C1CC1)C1CCc2[nH]ncc2C1. The molecule has 6 heteroatoms. The van der Waals surface area contributed by atoms with Crippen molar-refractivity contribution < 1.29 is 4.79 Å². The highest BCUT2D eigenvalue weighted by Gasteiger charge is 2.39. The van der Waals surface area contributed by atoms with Gasteiger partial charge in [0.1, 0.15) is 0 Å². The van der Waals surface area contributed by atoms with Crippen molar-refractivity contribution in [2.45, 2.75) is 50.7 Å². The van der Waals surface area contributed by atoms with Crippen molar-refractivity contribution in [3.63, 3.8) is 0 Å². The molecule has 1 atom stereocenters. The molecule has 6 nitrogen and oxygen atoms in total. The molecule has 156 valence electrons. The molecule has 0 bridgehead atoms. The summed E-state index contributed by atoms with van der Waals surface area (Å²) in [6, 6.07) is 12.8. The standard InChI is InChI=1S/C25H25N5O/c31-25(30(19-6-7-19)20-8-9-23-18(13-20)15-27-28-23)22-4-1-5-24-21(22)10-12-29(24)16-17-3-2-11-26-14-17/h1-5,10-12,14-15,19-20H,6-9,13,16H2,(H,27,28). The number of H-pyrrole nitrogens is 1. The zero-order valence-corrected chi connectivity index (χ0v) is 17.4. The predicted octanol–water partition coefficient (Wildman–Crippen LogP) is 3.97. The van der Waals surface area contributed by atoms with Crippen LogP contribution in [0.4, 0.5) is 0 Å². The van der Waals surface area contributed by atoms with E-state index < -0.39 is 0 Å². The summed E-state index contributed by atoms with van der Waals surface area (Å²) in [6.07, 6.45) is 12.8. The van der Waals surface area contributed by atoms with Crippen LogP contribution in [0.3, 0.4) is 0 Å². The second-order valence-electron chi connectivity index (χ2n) is 8.76. The van der Waals surface area contributed by atoms with Crippen LogP contribution in [0.5, 0.6) is 0 Å². The summed E-state index contributed by atoms with van der Waals surface area (Å²) in [5, 5.41) is 8.34. The number of amides is 1. The van der Waals surface area contributed by atoms with Crippen molar-refractivity contribution in [3.8, 4) is 0 Å². The van der Waals surface area contributed by atoms with Gasteiger partial charge in [0.15, 0.2) is 0 Å². The van der Waals surface area contributed by atoms with Gasteiger partial charge in [-0.25, -0.2) is 0 Å². The minimum Gasteiger partial charge on any atom is -0.343 e. The fraction of sp³-hybridized carbons (Fsp3) is 0.320. The minimum absolute atomic E-state index is 0.171. The Hall–Kier alpha value is -3.41. The number of nitrogens with zero attached hydrogens (tertiary/aromatic N) is 4. The molecule has 2 aliphatic carbocycles. The smallest absolute Gasteiger partial charge is 0.255 e. The molecule has 4 aromatic rings. The number of aromatic nitrogens is 4. The molecule has 0 radical (unpaired) electrons. The van der Waals surface area contributed by atoms with Crippen LogP contribution >= 0.6 is 0 Å². The maximum absolute atomic E-state index is 13.8. The molecule has 3 heterocycles. The van der Waals surface area contributed by atoms with Crippen LogP contribution < -0.4 is 0 Å². The van der Waals surface area contributed by atoms with E-state index in [-0.39, 0.29) is 11.9 Å². The van der Waals surface area contributed by atoms with E-state index in [2.05, 4.69) is 49.0 Å². The lowest BCUT2D eigenvalue weighted by atomic mass is 9.91. The molecule has 1 aromatic carbocycles. The fourth-order valence-corrected chi connectivity index (χ4v) is 4.99. The summed E-state index contributed by atoms with van der Waals surface area (Å²) >= 11 is 0. The molecule has 1 amide bonds.